The van der Waals surface area contributed by atoms with Gasteiger partial charge in [-0.2, -0.15) is 0 Å². The number of nitrogens with zero attached hydrogens (tertiary/aromatic N) is 2. The molecule has 0 bridgehead atoms. The molecule has 8 heteroatoms. The van der Waals surface area contributed by atoms with E-state index < -0.39 is 24.2 Å². The summed E-state index contributed by atoms with van der Waals surface area (Å²) in [4.78, 5) is 28.4. The summed E-state index contributed by atoms with van der Waals surface area (Å²) in [6.45, 7) is -0.491. The number of imidazole rings is 1. The number of hydrogen-bond donors (Lipinski definition) is 0. The van der Waals surface area contributed by atoms with Crippen molar-refractivity contribution in [2.45, 2.75) is 0 Å². The number of hydrogen-bond acceptors (Lipinski definition) is 4. The summed E-state index contributed by atoms with van der Waals surface area (Å²) in [7, 11) is 0. The van der Waals surface area contributed by atoms with Gasteiger partial charge >= 0.3 is 5.97 Å². The molecule has 132 valence electrons. The van der Waals surface area contributed by atoms with E-state index in [1.54, 1.807) is 0 Å². The summed E-state index contributed by atoms with van der Waals surface area (Å²) in [6, 6.07) is 9.92. The molecule has 0 N–H and O–H groups in total. The van der Waals surface area contributed by atoms with Gasteiger partial charge in [-0.05, 0) is 42.5 Å². The third-order valence-corrected chi connectivity index (χ3v) is 4.07. The zero-order valence-electron chi connectivity index (χ0n) is 13.2. The van der Waals surface area contributed by atoms with Gasteiger partial charge in [0.25, 0.3) is 0 Å². The van der Waals surface area contributed by atoms with Crippen LogP contribution in [-0.2, 0) is 4.74 Å². The normalized spacial score (nSPS) is 10.6. The minimum atomic E-state index is -0.745. The van der Waals surface area contributed by atoms with E-state index in [2.05, 4.69) is 4.98 Å². The second-order valence-electron chi connectivity index (χ2n) is 5.25. The SMILES string of the molecule is O=C(COC(=O)c1cncn1-c1ccc(F)cc1)c1ccc(Cl)cc1Cl. The van der Waals surface area contributed by atoms with Crippen LogP contribution in [0.3, 0.4) is 0 Å². The topological polar surface area (TPSA) is 61.2 Å². The van der Waals surface area contributed by atoms with Crippen LogP contribution in [-0.4, -0.2) is 27.9 Å². The van der Waals surface area contributed by atoms with Gasteiger partial charge in [0.1, 0.15) is 5.82 Å². The molecule has 0 saturated heterocycles. The standard InChI is InChI=1S/C18H11Cl2FN2O3/c19-11-1-6-14(15(20)7-11)17(24)9-26-18(25)16-8-22-10-23(16)13-4-2-12(21)3-5-13/h1-8,10H,9H2. The molecule has 0 aliphatic carbocycles. The van der Waals surface area contributed by atoms with Gasteiger partial charge < -0.3 is 4.74 Å². The minimum absolute atomic E-state index is 0.103. The lowest BCUT2D eigenvalue weighted by atomic mass is 10.1. The Bertz CT molecular complexity index is 971. The monoisotopic (exact) mass is 392 g/mol. The van der Waals surface area contributed by atoms with E-state index in [-0.39, 0.29) is 16.3 Å². The van der Waals surface area contributed by atoms with Crippen LogP contribution >= 0.6 is 23.2 Å². The van der Waals surface area contributed by atoms with Gasteiger partial charge in [-0.1, -0.05) is 23.2 Å². The fourth-order valence-electron chi connectivity index (χ4n) is 2.25. The first kappa shape index (κ1) is 18.1. The minimum Gasteiger partial charge on any atom is -0.453 e. The predicted octanol–water partition coefficient (Wildman–Crippen LogP) is 4.36. The Balaban J connectivity index is 1.72. The Morgan fingerprint density at radius 1 is 1.12 bits per heavy atom. The number of halogens is 3. The van der Waals surface area contributed by atoms with E-state index in [1.807, 2.05) is 0 Å². The highest BCUT2D eigenvalue weighted by Gasteiger charge is 2.18. The highest BCUT2D eigenvalue weighted by molar-refractivity contribution is 6.36. The van der Waals surface area contributed by atoms with Crippen molar-refractivity contribution < 1.29 is 18.7 Å². The first-order valence-electron chi connectivity index (χ1n) is 7.39. The fraction of sp³-hybridized carbons (Fsp3) is 0.0556. The predicted molar refractivity (Wildman–Crippen MR) is 94.6 cm³/mol. The van der Waals surface area contributed by atoms with E-state index in [9.17, 15) is 14.0 Å². The van der Waals surface area contributed by atoms with E-state index in [0.717, 1.165) is 0 Å². The van der Waals surface area contributed by atoms with E-state index in [4.69, 9.17) is 27.9 Å². The highest BCUT2D eigenvalue weighted by atomic mass is 35.5. The van der Waals surface area contributed by atoms with Crippen molar-refractivity contribution in [2.24, 2.45) is 0 Å². The van der Waals surface area contributed by atoms with Crippen molar-refractivity contribution in [3.8, 4) is 5.69 Å². The number of carbonyl (C=O) groups excluding carboxylic acids is 2. The van der Waals surface area contributed by atoms with Gasteiger partial charge in [-0.25, -0.2) is 14.2 Å². The summed E-state index contributed by atoms with van der Waals surface area (Å²) in [5, 5.41) is 0.571. The maximum Gasteiger partial charge on any atom is 0.357 e. The van der Waals surface area contributed by atoms with Gasteiger partial charge in [0.05, 0.1) is 17.5 Å². The number of rotatable bonds is 5. The van der Waals surface area contributed by atoms with Crippen LogP contribution in [0.4, 0.5) is 4.39 Å². The second-order valence-corrected chi connectivity index (χ2v) is 6.09. The molecule has 0 aliphatic heterocycles. The number of esters is 1. The molecule has 2 aromatic carbocycles. The van der Waals surface area contributed by atoms with Gasteiger partial charge in [-0.15, -0.1) is 0 Å². The van der Waals surface area contributed by atoms with Crippen molar-refractivity contribution in [2.75, 3.05) is 6.61 Å². The third kappa shape index (κ3) is 3.92. The number of benzene rings is 2. The highest BCUT2D eigenvalue weighted by Crippen LogP contribution is 2.21. The van der Waals surface area contributed by atoms with Gasteiger partial charge in [0.15, 0.2) is 12.3 Å². The van der Waals surface area contributed by atoms with Crippen LogP contribution in [0.5, 0.6) is 0 Å². The molecule has 0 unspecified atom stereocenters. The van der Waals surface area contributed by atoms with E-state index in [0.29, 0.717) is 10.7 Å². The zero-order chi connectivity index (χ0) is 18.7. The van der Waals surface area contributed by atoms with Gasteiger partial charge in [-0.3, -0.25) is 9.36 Å². The van der Waals surface area contributed by atoms with Gasteiger partial charge in [0, 0.05) is 16.3 Å². The summed E-state index contributed by atoms with van der Waals surface area (Å²) < 4.78 is 19.5. The zero-order valence-corrected chi connectivity index (χ0v) is 14.7. The molecular weight excluding hydrogens is 382 g/mol. The first-order valence-corrected chi connectivity index (χ1v) is 8.15. The molecule has 3 rings (SSSR count). The maximum absolute atomic E-state index is 13.0. The number of ether oxygens (including phenoxy) is 1. The Morgan fingerprint density at radius 2 is 1.85 bits per heavy atom. The average Bonchev–Trinajstić information content (AvgIpc) is 3.10. The molecule has 0 saturated carbocycles. The van der Waals surface area contributed by atoms with E-state index in [1.165, 1.54) is 59.6 Å². The maximum atomic E-state index is 13.0. The number of ketones is 1. The molecule has 1 heterocycles. The Morgan fingerprint density at radius 3 is 2.54 bits per heavy atom. The summed E-state index contributed by atoms with van der Waals surface area (Å²) in [6.07, 6.45) is 2.69. The molecule has 0 spiro atoms. The molecule has 0 amide bonds. The largest absolute Gasteiger partial charge is 0.453 e. The molecular formula is C18H11Cl2FN2O3. The van der Waals surface area contributed by atoms with Crippen molar-refractivity contribution in [3.05, 3.63) is 82.1 Å². The molecule has 26 heavy (non-hydrogen) atoms. The molecule has 3 aromatic rings. The molecule has 5 nitrogen and oxygen atoms in total. The number of Topliss-reactive ketones (excluding diaryl/α,β-unsaturated/α-hetero) is 1. The van der Waals surface area contributed by atoms with Gasteiger partial charge in [0.2, 0.25) is 5.78 Å². The van der Waals surface area contributed by atoms with Crippen molar-refractivity contribution in [1.29, 1.82) is 0 Å². The molecule has 0 atom stereocenters. The number of carbonyl (C=O) groups is 2. The fourth-order valence-corrected chi connectivity index (χ4v) is 2.77. The first-order chi connectivity index (χ1) is 12.5. The van der Waals surface area contributed by atoms with Crippen LogP contribution in [0.25, 0.3) is 5.69 Å². The van der Waals surface area contributed by atoms with Crippen molar-refractivity contribution in [1.82, 2.24) is 9.55 Å². The smallest absolute Gasteiger partial charge is 0.357 e. The molecule has 0 aliphatic rings. The second kappa shape index (κ2) is 7.68. The molecule has 1 aromatic heterocycles. The lowest BCUT2D eigenvalue weighted by molar-refractivity contribution is 0.0467. The quantitative estimate of drug-likeness (QED) is 0.478. The van der Waals surface area contributed by atoms with Crippen molar-refractivity contribution in [3.63, 3.8) is 0 Å². The Labute approximate surface area is 157 Å². The van der Waals surface area contributed by atoms with Crippen LogP contribution < -0.4 is 0 Å². The molecule has 0 fully saturated rings. The lowest BCUT2D eigenvalue weighted by Gasteiger charge is -2.09. The Hall–Kier alpha value is -2.70. The number of aromatic nitrogens is 2. The van der Waals surface area contributed by atoms with Crippen LogP contribution in [0.2, 0.25) is 10.0 Å². The van der Waals surface area contributed by atoms with Crippen LogP contribution in [0.15, 0.2) is 55.0 Å². The van der Waals surface area contributed by atoms with Crippen molar-refractivity contribution >= 4 is 35.0 Å². The third-order valence-electron chi connectivity index (χ3n) is 3.52. The lowest BCUT2D eigenvalue weighted by Crippen LogP contribution is -2.17. The summed E-state index contributed by atoms with van der Waals surface area (Å²) in [5.74, 6) is -1.61. The van der Waals surface area contributed by atoms with Crippen LogP contribution in [0, 0.1) is 5.82 Å². The molecule has 0 radical (unpaired) electrons. The summed E-state index contributed by atoms with van der Waals surface area (Å²) in [5.41, 5.74) is 0.838. The van der Waals surface area contributed by atoms with Crippen LogP contribution in [0.1, 0.15) is 20.8 Å². The van der Waals surface area contributed by atoms with E-state index >= 15 is 0 Å². The Kier molecular flexibility index (Phi) is 5.35. The average molecular weight is 393 g/mol. The summed E-state index contributed by atoms with van der Waals surface area (Å²) >= 11 is 11.8.